The maximum Gasteiger partial charge on any atom is 0.287 e. The normalized spacial score (nSPS) is 18.0. The molecule has 1 aliphatic heterocycles. The van der Waals surface area contributed by atoms with Gasteiger partial charge in [0, 0.05) is 49.4 Å². The Kier molecular flexibility index (Phi) is 3.26. The van der Waals surface area contributed by atoms with Gasteiger partial charge in [-0.3, -0.25) is 0 Å². The molecule has 24 heavy (non-hydrogen) atoms. The van der Waals surface area contributed by atoms with Crippen LogP contribution < -0.4 is 10.2 Å². The smallest absolute Gasteiger partial charge is 0.287 e. The summed E-state index contributed by atoms with van der Waals surface area (Å²) < 4.78 is 27.6. The van der Waals surface area contributed by atoms with Crippen molar-refractivity contribution in [2.75, 3.05) is 23.8 Å². The molecule has 126 valence electrons. The van der Waals surface area contributed by atoms with Crippen LogP contribution in [-0.2, 0) is 11.3 Å². The van der Waals surface area contributed by atoms with Crippen LogP contribution in [0.15, 0.2) is 24.4 Å². The van der Waals surface area contributed by atoms with Gasteiger partial charge in [0.2, 0.25) is 0 Å². The molecule has 1 saturated carbocycles. The quantitative estimate of drug-likeness (QED) is 0.829. The summed E-state index contributed by atoms with van der Waals surface area (Å²) >= 11 is 6.06. The Morgan fingerprint density at radius 3 is 2.67 bits per heavy atom. The summed E-state index contributed by atoms with van der Waals surface area (Å²) in [5.74, 6) is -2.50. The zero-order chi connectivity index (χ0) is 17.1. The molecule has 0 unspecified atom stereocenters. The van der Waals surface area contributed by atoms with Gasteiger partial charge in [0.25, 0.3) is 5.92 Å². The highest BCUT2D eigenvalue weighted by atomic mass is 35.5. The van der Waals surface area contributed by atoms with Gasteiger partial charge in [-0.05, 0) is 25.0 Å². The van der Waals surface area contributed by atoms with E-state index in [0.29, 0.717) is 16.7 Å². The maximum absolute atomic E-state index is 13.8. The van der Waals surface area contributed by atoms with Crippen LogP contribution in [-0.4, -0.2) is 23.6 Å². The van der Waals surface area contributed by atoms with Crippen LogP contribution in [0.2, 0.25) is 5.15 Å². The van der Waals surface area contributed by atoms with E-state index < -0.39 is 5.92 Å². The Morgan fingerprint density at radius 1 is 1.29 bits per heavy atom. The molecule has 1 spiro atoms. The minimum Gasteiger partial charge on any atom is -0.388 e. The van der Waals surface area contributed by atoms with Gasteiger partial charge < -0.3 is 10.2 Å². The molecule has 2 aromatic rings. The van der Waals surface area contributed by atoms with E-state index in [9.17, 15) is 8.78 Å². The molecule has 4 nitrogen and oxygen atoms in total. The van der Waals surface area contributed by atoms with Gasteiger partial charge in [0.15, 0.2) is 0 Å². The third kappa shape index (κ3) is 2.40. The summed E-state index contributed by atoms with van der Waals surface area (Å²) in [7, 11) is 1.71. The van der Waals surface area contributed by atoms with Crippen molar-refractivity contribution in [3.05, 3.63) is 40.8 Å². The van der Waals surface area contributed by atoms with E-state index in [0.717, 1.165) is 37.6 Å². The molecule has 1 aliphatic carbocycles. The number of hydrogen-bond acceptors (Lipinski definition) is 4. The molecule has 2 aromatic heterocycles. The summed E-state index contributed by atoms with van der Waals surface area (Å²) in [6, 6.07) is 4.96. The molecule has 0 saturated heterocycles. The van der Waals surface area contributed by atoms with Crippen LogP contribution in [0.3, 0.4) is 0 Å². The molecule has 3 heterocycles. The Hall–Kier alpha value is -1.95. The Bertz CT molecular complexity index is 815. The molecule has 0 bridgehead atoms. The van der Waals surface area contributed by atoms with E-state index in [1.807, 2.05) is 11.1 Å². The van der Waals surface area contributed by atoms with Gasteiger partial charge in [0.05, 0.1) is 5.69 Å². The van der Waals surface area contributed by atoms with E-state index in [1.54, 1.807) is 19.2 Å². The van der Waals surface area contributed by atoms with Crippen LogP contribution in [0.25, 0.3) is 0 Å². The van der Waals surface area contributed by atoms with Gasteiger partial charge >= 0.3 is 0 Å². The van der Waals surface area contributed by atoms with E-state index in [1.165, 1.54) is 6.07 Å². The van der Waals surface area contributed by atoms with E-state index in [2.05, 4.69) is 15.3 Å². The molecule has 4 rings (SSSR count). The van der Waals surface area contributed by atoms with Crippen LogP contribution in [0.1, 0.15) is 31.0 Å². The Balaban J connectivity index is 1.84. The molecule has 0 radical (unpaired) electrons. The van der Waals surface area contributed by atoms with Crippen molar-refractivity contribution >= 4 is 28.8 Å². The molecule has 0 aromatic carbocycles. The molecule has 0 amide bonds. The highest BCUT2D eigenvalue weighted by Gasteiger charge is 2.52. The molecular formula is C17H17ClF2N4. The Morgan fingerprint density at radius 2 is 2.04 bits per heavy atom. The third-order valence-electron chi connectivity index (χ3n) is 4.85. The van der Waals surface area contributed by atoms with E-state index >= 15 is 0 Å². The first-order valence-electron chi connectivity index (χ1n) is 7.84. The lowest BCUT2D eigenvalue weighted by Crippen LogP contribution is -2.22. The number of nitrogens with one attached hydrogen (secondary N) is 1. The standard InChI is InChI=1S/C17H17ClF2N4/c1-16(19,20)13-5-10(21-2)6-15(23-13)24-9-17(3-4-17)11-8-22-14(18)7-12(11)24/h5-8H,3-4,9H2,1-2H3,(H,21,23). The zero-order valence-electron chi connectivity index (χ0n) is 13.4. The number of aromatic nitrogens is 2. The second kappa shape index (κ2) is 5.02. The predicted octanol–water partition coefficient (Wildman–Crippen LogP) is 4.47. The second-order valence-corrected chi connectivity index (χ2v) is 7.02. The fourth-order valence-corrected chi connectivity index (χ4v) is 3.48. The van der Waals surface area contributed by atoms with Crippen molar-refractivity contribution < 1.29 is 8.78 Å². The van der Waals surface area contributed by atoms with Crippen LogP contribution in [0.5, 0.6) is 0 Å². The van der Waals surface area contributed by atoms with Gasteiger partial charge in [-0.25, -0.2) is 9.97 Å². The highest BCUT2D eigenvalue weighted by Crippen LogP contribution is 2.58. The molecule has 7 heteroatoms. The van der Waals surface area contributed by atoms with Gasteiger partial charge in [-0.1, -0.05) is 11.6 Å². The molecule has 1 fully saturated rings. The largest absolute Gasteiger partial charge is 0.388 e. The van der Waals surface area contributed by atoms with Crippen LogP contribution >= 0.6 is 11.6 Å². The third-order valence-corrected chi connectivity index (χ3v) is 5.06. The van der Waals surface area contributed by atoms with Crippen LogP contribution in [0, 0.1) is 0 Å². The molecular weight excluding hydrogens is 334 g/mol. The summed E-state index contributed by atoms with van der Waals surface area (Å²) in [5.41, 5.74) is 2.48. The van der Waals surface area contributed by atoms with Crippen LogP contribution in [0.4, 0.5) is 26.0 Å². The summed E-state index contributed by atoms with van der Waals surface area (Å²) in [5, 5.41) is 3.33. The number of fused-ring (bicyclic) bond motifs is 2. The first-order valence-corrected chi connectivity index (χ1v) is 8.22. The summed E-state index contributed by atoms with van der Waals surface area (Å²) in [6.45, 7) is 1.58. The number of halogens is 3. The first kappa shape index (κ1) is 15.6. The van der Waals surface area contributed by atoms with Crippen molar-refractivity contribution in [2.45, 2.75) is 31.1 Å². The Labute approximate surface area is 143 Å². The SMILES string of the molecule is CNc1cc(N2CC3(CC3)c3cnc(Cl)cc32)nc(C(C)(F)F)c1. The number of anilines is 3. The number of rotatable bonds is 3. The first-order chi connectivity index (χ1) is 11.3. The van der Waals surface area contributed by atoms with E-state index in [-0.39, 0.29) is 11.1 Å². The zero-order valence-corrected chi connectivity index (χ0v) is 14.2. The van der Waals surface area contributed by atoms with Crippen molar-refractivity contribution in [1.82, 2.24) is 9.97 Å². The lowest BCUT2D eigenvalue weighted by molar-refractivity contribution is 0.0129. The van der Waals surface area contributed by atoms with Crippen molar-refractivity contribution in [1.29, 1.82) is 0 Å². The molecule has 1 N–H and O–H groups in total. The topological polar surface area (TPSA) is 41.0 Å². The average molecular weight is 351 g/mol. The average Bonchev–Trinajstić information content (AvgIpc) is 3.24. The number of alkyl halides is 2. The summed E-state index contributed by atoms with van der Waals surface area (Å²) in [6.07, 6.45) is 3.95. The van der Waals surface area contributed by atoms with Crippen molar-refractivity contribution in [2.24, 2.45) is 0 Å². The lowest BCUT2D eigenvalue weighted by Gasteiger charge is -2.22. The number of hydrogen-bond donors (Lipinski definition) is 1. The minimum absolute atomic E-state index is 0.0686. The maximum atomic E-state index is 13.8. The molecule has 0 atom stereocenters. The fourth-order valence-electron chi connectivity index (χ4n) is 3.33. The number of pyridine rings is 2. The molecule has 2 aliphatic rings. The minimum atomic E-state index is -3.00. The van der Waals surface area contributed by atoms with Gasteiger partial charge in [-0.2, -0.15) is 8.78 Å². The summed E-state index contributed by atoms with van der Waals surface area (Å²) in [4.78, 5) is 10.4. The predicted molar refractivity (Wildman–Crippen MR) is 90.5 cm³/mol. The van der Waals surface area contributed by atoms with Crippen molar-refractivity contribution in [3.63, 3.8) is 0 Å². The fraction of sp³-hybridized carbons (Fsp3) is 0.412. The highest BCUT2D eigenvalue weighted by molar-refractivity contribution is 6.29. The van der Waals surface area contributed by atoms with Crippen molar-refractivity contribution in [3.8, 4) is 0 Å². The van der Waals surface area contributed by atoms with Gasteiger partial charge in [0.1, 0.15) is 16.7 Å². The second-order valence-electron chi connectivity index (χ2n) is 6.63. The van der Waals surface area contributed by atoms with Gasteiger partial charge in [-0.15, -0.1) is 0 Å². The van der Waals surface area contributed by atoms with E-state index in [4.69, 9.17) is 11.6 Å². The monoisotopic (exact) mass is 350 g/mol. The lowest BCUT2D eigenvalue weighted by atomic mass is 10.0. The number of nitrogens with zero attached hydrogens (tertiary/aromatic N) is 3.